The van der Waals surface area contributed by atoms with Crippen LogP contribution in [0.3, 0.4) is 0 Å². The Hall–Kier alpha value is -2.23. The second-order valence-corrected chi connectivity index (χ2v) is 5.64. The van der Waals surface area contributed by atoms with Gasteiger partial charge >= 0.3 is 5.97 Å². The molecule has 0 amide bonds. The fourth-order valence-corrected chi connectivity index (χ4v) is 2.27. The van der Waals surface area contributed by atoms with Crippen molar-refractivity contribution in [1.82, 2.24) is 0 Å². The van der Waals surface area contributed by atoms with Gasteiger partial charge in [0.25, 0.3) is 5.69 Å². The van der Waals surface area contributed by atoms with Crippen LogP contribution in [0.25, 0.3) is 0 Å². The minimum atomic E-state index is -3.99. The number of anilines is 1. The van der Waals surface area contributed by atoms with Gasteiger partial charge in [-0.1, -0.05) is 0 Å². The normalized spacial score (nSPS) is 10.9. The number of rotatable bonds is 5. The molecule has 0 aliphatic heterocycles. The molecule has 8 nitrogen and oxygen atoms in total. The van der Waals surface area contributed by atoms with Crippen LogP contribution in [-0.2, 0) is 19.6 Å². The van der Waals surface area contributed by atoms with Crippen LogP contribution >= 0.6 is 0 Å². The molecule has 10 heteroatoms. The quantitative estimate of drug-likeness (QED) is 0.449. The molecule has 0 heterocycles. The Kier molecular flexibility index (Phi) is 4.61. The van der Waals surface area contributed by atoms with E-state index in [2.05, 4.69) is 4.74 Å². The van der Waals surface area contributed by atoms with Crippen molar-refractivity contribution >= 4 is 27.4 Å². The summed E-state index contributed by atoms with van der Waals surface area (Å²) in [6, 6.07) is 2.35. The molecule has 0 aliphatic rings. The SMILES string of the molecule is COC(=O)CN(c1ccc(F)cc1[N+](=O)[O-])S(C)(=O)=O. The Bertz CT molecular complexity index is 645. The Morgan fingerprint density at radius 3 is 2.55 bits per heavy atom. The number of sulfonamides is 1. The van der Waals surface area contributed by atoms with Crippen molar-refractivity contribution < 1.29 is 27.3 Å². The molecule has 0 radical (unpaired) electrons. The molecule has 0 aromatic heterocycles. The van der Waals surface area contributed by atoms with Gasteiger partial charge in [-0.15, -0.1) is 0 Å². The van der Waals surface area contributed by atoms with Gasteiger partial charge in [0.2, 0.25) is 10.0 Å². The van der Waals surface area contributed by atoms with Crippen LogP contribution in [0.5, 0.6) is 0 Å². The Morgan fingerprint density at radius 2 is 2.10 bits per heavy atom. The molecular formula is C10H11FN2O6S. The number of nitro benzene ring substituents is 1. The van der Waals surface area contributed by atoms with E-state index in [1.54, 1.807) is 0 Å². The first-order chi connectivity index (χ1) is 9.16. The van der Waals surface area contributed by atoms with E-state index in [1.165, 1.54) is 0 Å². The molecule has 0 atom stereocenters. The molecule has 1 aromatic carbocycles. The maximum absolute atomic E-state index is 13.0. The molecule has 0 fully saturated rings. The van der Waals surface area contributed by atoms with Crippen LogP contribution < -0.4 is 4.31 Å². The van der Waals surface area contributed by atoms with Gasteiger partial charge in [0.05, 0.1) is 24.4 Å². The number of hydrogen-bond acceptors (Lipinski definition) is 6. The molecule has 0 aliphatic carbocycles. The molecule has 0 unspecified atom stereocenters. The topological polar surface area (TPSA) is 107 Å². The number of nitro groups is 1. The molecule has 0 saturated heterocycles. The van der Waals surface area contributed by atoms with Gasteiger partial charge in [-0.25, -0.2) is 12.8 Å². The number of esters is 1. The van der Waals surface area contributed by atoms with Gasteiger partial charge < -0.3 is 4.74 Å². The molecule has 0 saturated carbocycles. The van der Waals surface area contributed by atoms with E-state index in [-0.39, 0.29) is 0 Å². The van der Waals surface area contributed by atoms with Gasteiger partial charge in [-0.05, 0) is 12.1 Å². The third-order valence-corrected chi connectivity index (χ3v) is 3.43. The molecule has 1 rings (SSSR count). The van der Waals surface area contributed by atoms with Crippen molar-refractivity contribution in [1.29, 1.82) is 0 Å². The predicted molar refractivity (Wildman–Crippen MR) is 67.3 cm³/mol. The number of benzene rings is 1. The lowest BCUT2D eigenvalue weighted by atomic mass is 10.2. The number of hydrogen-bond donors (Lipinski definition) is 0. The summed E-state index contributed by atoms with van der Waals surface area (Å²) in [4.78, 5) is 21.1. The summed E-state index contributed by atoms with van der Waals surface area (Å²) < 4.78 is 41.1. The molecule has 0 N–H and O–H groups in total. The summed E-state index contributed by atoms with van der Waals surface area (Å²) in [7, 11) is -2.94. The number of carbonyl (C=O) groups excluding carboxylic acids is 1. The van der Waals surface area contributed by atoms with E-state index in [1.807, 2.05) is 0 Å². The molecule has 1 aromatic rings. The van der Waals surface area contributed by atoms with Crippen LogP contribution in [0.15, 0.2) is 18.2 Å². The van der Waals surface area contributed by atoms with Crippen molar-refractivity contribution in [2.75, 3.05) is 24.2 Å². The lowest BCUT2D eigenvalue weighted by Gasteiger charge is -2.20. The van der Waals surface area contributed by atoms with E-state index in [9.17, 15) is 27.7 Å². The summed E-state index contributed by atoms with van der Waals surface area (Å²) in [5, 5.41) is 10.9. The number of carbonyl (C=O) groups is 1. The number of halogens is 1. The highest BCUT2D eigenvalue weighted by Gasteiger charge is 2.28. The summed E-state index contributed by atoms with van der Waals surface area (Å²) >= 11 is 0. The lowest BCUT2D eigenvalue weighted by molar-refractivity contribution is -0.384. The molecule has 20 heavy (non-hydrogen) atoms. The van der Waals surface area contributed by atoms with Crippen molar-refractivity contribution in [2.45, 2.75) is 0 Å². The second-order valence-electron chi connectivity index (χ2n) is 3.74. The standard InChI is InChI=1S/C10H11FN2O6S/c1-19-10(14)6-12(20(2,17)18)8-4-3-7(11)5-9(8)13(15)16/h3-5H,6H2,1-2H3. The average molecular weight is 306 g/mol. The van der Waals surface area contributed by atoms with Crippen LogP contribution in [0, 0.1) is 15.9 Å². The fraction of sp³-hybridized carbons (Fsp3) is 0.300. The van der Waals surface area contributed by atoms with Crippen LogP contribution in [0.2, 0.25) is 0 Å². The largest absolute Gasteiger partial charge is 0.468 e. The highest BCUT2D eigenvalue weighted by Crippen LogP contribution is 2.30. The van der Waals surface area contributed by atoms with Crippen molar-refractivity contribution in [3.8, 4) is 0 Å². The zero-order valence-corrected chi connectivity index (χ0v) is 11.4. The van der Waals surface area contributed by atoms with Crippen molar-refractivity contribution in [2.24, 2.45) is 0 Å². The fourth-order valence-electron chi connectivity index (χ4n) is 1.42. The number of methoxy groups -OCH3 is 1. The van der Waals surface area contributed by atoms with Crippen LogP contribution in [0.4, 0.5) is 15.8 Å². The highest BCUT2D eigenvalue weighted by molar-refractivity contribution is 7.92. The Morgan fingerprint density at radius 1 is 1.50 bits per heavy atom. The van der Waals surface area contributed by atoms with Crippen LogP contribution in [-0.4, -0.2) is 39.2 Å². The van der Waals surface area contributed by atoms with E-state index < -0.39 is 44.7 Å². The summed E-state index contributed by atoms with van der Waals surface area (Å²) in [5.41, 5.74) is -1.18. The first kappa shape index (κ1) is 15.8. The lowest BCUT2D eigenvalue weighted by Crippen LogP contribution is -2.35. The minimum Gasteiger partial charge on any atom is -0.468 e. The Labute approximate surface area is 114 Å². The number of ether oxygens (including phenoxy) is 1. The van der Waals surface area contributed by atoms with Gasteiger partial charge in [-0.3, -0.25) is 19.2 Å². The number of nitrogens with zero attached hydrogens (tertiary/aromatic N) is 2. The van der Waals surface area contributed by atoms with Gasteiger partial charge in [0, 0.05) is 0 Å². The predicted octanol–water partition coefficient (Wildman–Crippen LogP) is 0.673. The average Bonchev–Trinajstić information content (AvgIpc) is 2.34. The highest BCUT2D eigenvalue weighted by atomic mass is 32.2. The Balaban J connectivity index is 3.42. The van der Waals surface area contributed by atoms with E-state index in [4.69, 9.17) is 0 Å². The minimum absolute atomic E-state index is 0.413. The van der Waals surface area contributed by atoms with E-state index >= 15 is 0 Å². The second kappa shape index (κ2) is 5.82. The van der Waals surface area contributed by atoms with Gasteiger partial charge in [-0.2, -0.15) is 0 Å². The van der Waals surface area contributed by atoms with E-state index in [0.29, 0.717) is 10.4 Å². The molecule has 0 spiro atoms. The zero-order valence-electron chi connectivity index (χ0n) is 10.6. The third kappa shape index (κ3) is 3.63. The summed E-state index contributed by atoms with van der Waals surface area (Å²) in [5.74, 6) is -1.80. The third-order valence-electron chi connectivity index (χ3n) is 2.30. The zero-order chi connectivity index (χ0) is 15.5. The van der Waals surface area contributed by atoms with E-state index in [0.717, 1.165) is 25.5 Å². The summed E-state index contributed by atoms with van der Waals surface area (Å²) in [6.07, 6.45) is 0.767. The first-order valence-corrected chi connectivity index (χ1v) is 7.00. The first-order valence-electron chi connectivity index (χ1n) is 5.15. The maximum Gasteiger partial charge on any atom is 0.326 e. The molecule has 0 bridgehead atoms. The smallest absolute Gasteiger partial charge is 0.326 e. The van der Waals surface area contributed by atoms with Gasteiger partial charge in [0.15, 0.2) is 0 Å². The summed E-state index contributed by atoms with van der Waals surface area (Å²) in [6.45, 7) is -0.748. The molecule has 110 valence electrons. The van der Waals surface area contributed by atoms with Gasteiger partial charge in [0.1, 0.15) is 18.0 Å². The van der Waals surface area contributed by atoms with Crippen molar-refractivity contribution in [3.05, 3.63) is 34.1 Å². The molecular weight excluding hydrogens is 295 g/mol. The van der Waals surface area contributed by atoms with Crippen LogP contribution in [0.1, 0.15) is 0 Å². The monoisotopic (exact) mass is 306 g/mol. The van der Waals surface area contributed by atoms with Crippen molar-refractivity contribution in [3.63, 3.8) is 0 Å². The maximum atomic E-state index is 13.0.